The van der Waals surface area contributed by atoms with Crippen LogP contribution in [0.2, 0.25) is 0 Å². The van der Waals surface area contributed by atoms with E-state index in [9.17, 15) is 4.79 Å². The molecule has 1 saturated heterocycles. The van der Waals surface area contributed by atoms with Crippen LogP contribution in [0.25, 0.3) is 0 Å². The molecule has 0 unspecified atom stereocenters. The van der Waals surface area contributed by atoms with E-state index < -0.39 is 0 Å². The molecule has 2 aromatic rings. The van der Waals surface area contributed by atoms with E-state index in [2.05, 4.69) is 41.5 Å². The van der Waals surface area contributed by atoms with Crippen LogP contribution in [0, 0.1) is 12.8 Å². The Balaban J connectivity index is 1.64. The number of likely N-dealkylation sites (N-methyl/N-ethyl adjacent to an activating group) is 1. The van der Waals surface area contributed by atoms with Gasteiger partial charge >= 0.3 is 0 Å². The highest BCUT2D eigenvalue weighted by molar-refractivity contribution is 5.92. The zero-order valence-electron chi connectivity index (χ0n) is 12.9. The van der Waals surface area contributed by atoms with Crippen molar-refractivity contribution in [3.05, 3.63) is 59.0 Å². The Labute approximate surface area is 130 Å². The van der Waals surface area contributed by atoms with Crippen LogP contribution in [-0.4, -0.2) is 30.9 Å². The van der Waals surface area contributed by atoms with E-state index in [1.54, 1.807) is 6.07 Å². The third-order valence-corrected chi connectivity index (χ3v) is 4.96. The van der Waals surface area contributed by atoms with Gasteiger partial charge in [0.1, 0.15) is 5.76 Å². The van der Waals surface area contributed by atoms with Crippen molar-refractivity contribution in [2.24, 2.45) is 5.92 Å². The lowest BCUT2D eigenvalue weighted by atomic mass is 9.94. The first-order valence-electron chi connectivity index (χ1n) is 7.78. The third kappa shape index (κ3) is 2.06. The second-order valence-corrected chi connectivity index (χ2v) is 6.48. The van der Waals surface area contributed by atoms with Gasteiger partial charge in [-0.3, -0.25) is 4.79 Å². The first-order valence-corrected chi connectivity index (χ1v) is 7.78. The first kappa shape index (κ1) is 13.6. The Morgan fingerprint density at radius 1 is 1.18 bits per heavy atom. The van der Waals surface area contributed by atoms with Crippen LogP contribution >= 0.6 is 0 Å². The van der Waals surface area contributed by atoms with E-state index >= 15 is 0 Å². The summed E-state index contributed by atoms with van der Waals surface area (Å²) in [5, 5.41) is 3.20. The summed E-state index contributed by atoms with van der Waals surface area (Å²) in [6, 6.07) is 12.1. The minimum absolute atomic E-state index is 0.0732. The number of benzene rings is 1. The molecule has 0 saturated carbocycles. The molecule has 2 heterocycles. The van der Waals surface area contributed by atoms with Gasteiger partial charge in [-0.25, -0.2) is 0 Å². The Kier molecular flexibility index (Phi) is 3.08. The molecule has 4 rings (SSSR count). The number of carbonyl (C=O) groups excluding carboxylic acids is 1. The normalized spacial score (nSPS) is 26.7. The van der Waals surface area contributed by atoms with Gasteiger partial charge in [0, 0.05) is 24.9 Å². The van der Waals surface area contributed by atoms with Gasteiger partial charge in [-0.05, 0) is 37.2 Å². The Morgan fingerprint density at radius 2 is 1.95 bits per heavy atom. The fourth-order valence-corrected chi connectivity index (χ4v) is 4.02. The highest BCUT2D eigenvalue weighted by Gasteiger charge is 2.45. The lowest BCUT2D eigenvalue weighted by molar-refractivity contribution is 0.0895. The predicted molar refractivity (Wildman–Crippen MR) is 83.8 cm³/mol. The fraction of sp³-hybridized carbons (Fsp3) is 0.389. The molecule has 4 nitrogen and oxygen atoms in total. The van der Waals surface area contributed by atoms with Gasteiger partial charge in [0.2, 0.25) is 0 Å². The minimum Gasteiger partial charge on any atom is -0.456 e. The van der Waals surface area contributed by atoms with Crippen molar-refractivity contribution in [3.8, 4) is 0 Å². The van der Waals surface area contributed by atoms with Crippen molar-refractivity contribution in [1.29, 1.82) is 0 Å². The van der Waals surface area contributed by atoms with Crippen molar-refractivity contribution >= 4 is 5.91 Å². The first-order chi connectivity index (χ1) is 10.6. The molecule has 1 fully saturated rings. The van der Waals surface area contributed by atoms with Crippen molar-refractivity contribution in [2.75, 3.05) is 20.1 Å². The minimum atomic E-state index is -0.122. The highest BCUT2D eigenvalue weighted by Crippen LogP contribution is 2.48. The van der Waals surface area contributed by atoms with Gasteiger partial charge in [-0.2, -0.15) is 0 Å². The fourth-order valence-electron chi connectivity index (χ4n) is 4.02. The lowest BCUT2D eigenvalue weighted by Gasteiger charge is -2.21. The maximum atomic E-state index is 12.5. The monoisotopic (exact) mass is 296 g/mol. The van der Waals surface area contributed by atoms with E-state index in [-0.39, 0.29) is 11.9 Å². The summed E-state index contributed by atoms with van der Waals surface area (Å²) in [5.41, 5.74) is 2.65. The number of rotatable bonds is 2. The summed E-state index contributed by atoms with van der Waals surface area (Å²) in [6.07, 6.45) is 0. The molecular weight excluding hydrogens is 276 g/mol. The topological polar surface area (TPSA) is 45.5 Å². The molecule has 1 aromatic carbocycles. The van der Waals surface area contributed by atoms with Crippen LogP contribution in [0.1, 0.15) is 39.4 Å². The van der Waals surface area contributed by atoms with Gasteiger partial charge in [0.25, 0.3) is 5.91 Å². The van der Waals surface area contributed by atoms with Crippen LogP contribution < -0.4 is 5.32 Å². The lowest BCUT2D eigenvalue weighted by Crippen LogP contribution is -2.33. The molecule has 0 spiro atoms. The number of furan rings is 1. The number of fused-ring (bicyclic) bond motifs is 3. The third-order valence-electron chi connectivity index (χ3n) is 4.96. The van der Waals surface area contributed by atoms with Crippen molar-refractivity contribution in [3.63, 3.8) is 0 Å². The second-order valence-electron chi connectivity index (χ2n) is 6.48. The van der Waals surface area contributed by atoms with Gasteiger partial charge in [-0.15, -0.1) is 0 Å². The number of nitrogens with zero attached hydrogens (tertiary/aromatic N) is 1. The summed E-state index contributed by atoms with van der Waals surface area (Å²) < 4.78 is 5.45. The molecule has 4 heteroatoms. The van der Waals surface area contributed by atoms with Crippen LogP contribution in [0.15, 0.2) is 40.8 Å². The van der Waals surface area contributed by atoms with E-state index in [0.717, 1.165) is 18.8 Å². The molecule has 3 atom stereocenters. The summed E-state index contributed by atoms with van der Waals surface area (Å²) in [7, 11) is 2.15. The average Bonchev–Trinajstić information content (AvgIpc) is 3.16. The molecule has 1 aliphatic heterocycles. The summed E-state index contributed by atoms with van der Waals surface area (Å²) >= 11 is 0. The number of carbonyl (C=O) groups is 1. The molecular formula is C18H20N2O2. The Morgan fingerprint density at radius 3 is 2.68 bits per heavy atom. The van der Waals surface area contributed by atoms with Crippen LogP contribution in [0.4, 0.5) is 0 Å². The van der Waals surface area contributed by atoms with E-state index in [1.165, 1.54) is 11.1 Å². The predicted octanol–water partition coefficient (Wildman–Crippen LogP) is 2.72. The number of nitrogens with one attached hydrogen (secondary N) is 1. The van der Waals surface area contributed by atoms with Gasteiger partial charge in [0.05, 0.1) is 6.04 Å². The largest absolute Gasteiger partial charge is 0.456 e. The molecule has 114 valence electrons. The quantitative estimate of drug-likeness (QED) is 0.927. The molecule has 2 aliphatic rings. The van der Waals surface area contributed by atoms with Crippen molar-refractivity contribution in [2.45, 2.75) is 18.9 Å². The van der Waals surface area contributed by atoms with Crippen molar-refractivity contribution < 1.29 is 9.21 Å². The number of hydrogen-bond donors (Lipinski definition) is 1. The summed E-state index contributed by atoms with van der Waals surface area (Å²) in [5.74, 6) is 2.00. The zero-order chi connectivity index (χ0) is 15.3. The van der Waals surface area contributed by atoms with Crippen molar-refractivity contribution in [1.82, 2.24) is 10.2 Å². The zero-order valence-corrected chi connectivity index (χ0v) is 12.9. The Bertz CT molecular complexity index is 721. The van der Waals surface area contributed by atoms with Gasteiger partial charge in [0.15, 0.2) is 5.76 Å². The van der Waals surface area contributed by atoms with Crippen LogP contribution in [0.3, 0.4) is 0 Å². The molecule has 0 radical (unpaired) electrons. The highest BCUT2D eigenvalue weighted by atomic mass is 16.3. The Hall–Kier alpha value is -2.07. The smallest absolute Gasteiger partial charge is 0.287 e. The SMILES string of the molecule is Cc1ccc(C(=O)N[C@@H]2c3ccccc3[C@@H]3CN(C)C[C@H]23)o1. The van der Waals surface area contributed by atoms with E-state index in [0.29, 0.717) is 17.6 Å². The number of hydrogen-bond acceptors (Lipinski definition) is 3. The maximum absolute atomic E-state index is 12.5. The molecule has 1 aromatic heterocycles. The molecule has 1 aliphatic carbocycles. The van der Waals surface area contributed by atoms with Crippen LogP contribution in [0.5, 0.6) is 0 Å². The van der Waals surface area contributed by atoms with Crippen LogP contribution in [-0.2, 0) is 0 Å². The molecule has 1 N–H and O–H groups in total. The molecule has 22 heavy (non-hydrogen) atoms. The average molecular weight is 296 g/mol. The summed E-state index contributed by atoms with van der Waals surface area (Å²) in [6.45, 7) is 3.93. The summed E-state index contributed by atoms with van der Waals surface area (Å²) in [4.78, 5) is 14.8. The maximum Gasteiger partial charge on any atom is 0.287 e. The standard InChI is InChI=1S/C18H20N2O2/c1-11-7-8-16(22-11)18(21)19-17-13-6-4-3-5-12(13)14-9-20(2)10-15(14)17/h3-8,14-15,17H,9-10H2,1-2H3,(H,19,21)/t14-,15-,17+/m0/s1. The van der Waals surface area contributed by atoms with Gasteiger partial charge < -0.3 is 14.6 Å². The number of likely N-dealkylation sites (tertiary alicyclic amines) is 1. The number of amides is 1. The molecule has 0 bridgehead atoms. The molecule has 1 amide bonds. The van der Waals surface area contributed by atoms with E-state index in [4.69, 9.17) is 4.42 Å². The second kappa shape index (κ2) is 4.99. The number of aryl methyl sites for hydroxylation is 1. The van der Waals surface area contributed by atoms with Gasteiger partial charge in [-0.1, -0.05) is 24.3 Å². The van der Waals surface area contributed by atoms with E-state index in [1.807, 2.05) is 13.0 Å².